The molecule has 220 valence electrons. The van der Waals surface area contributed by atoms with Crippen LogP contribution in [-0.4, -0.2) is 47.5 Å². The number of carbonyl (C=O) groups excluding carboxylic acids is 5. The van der Waals surface area contributed by atoms with Crippen LogP contribution in [0.4, 0.5) is 0 Å². The number of hydrogen-bond donors (Lipinski definition) is 4. The van der Waals surface area contributed by atoms with Crippen LogP contribution in [0, 0.1) is 0 Å². The molecule has 3 rings (SSSR count). The first-order valence-electron chi connectivity index (χ1n) is 13.9. The van der Waals surface area contributed by atoms with E-state index in [1.54, 1.807) is 37.3 Å². The fourth-order valence-corrected chi connectivity index (χ4v) is 4.45. The molecule has 0 spiro atoms. The van der Waals surface area contributed by atoms with Crippen LogP contribution in [0.5, 0.6) is 0 Å². The average Bonchev–Trinajstić information content (AvgIpc) is 3.01. The summed E-state index contributed by atoms with van der Waals surface area (Å²) in [6, 6.07) is 23.8. The van der Waals surface area contributed by atoms with Gasteiger partial charge in [0.25, 0.3) is 11.8 Å². The summed E-state index contributed by atoms with van der Waals surface area (Å²) in [5.74, 6) is -3.23. The van der Waals surface area contributed by atoms with Crippen molar-refractivity contribution >= 4 is 29.4 Å². The van der Waals surface area contributed by atoms with Gasteiger partial charge < -0.3 is 21.3 Å². The number of amides is 4. The molecule has 0 saturated carbocycles. The zero-order valence-corrected chi connectivity index (χ0v) is 24.3. The molecule has 42 heavy (non-hydrogen) atoms. The number of rotatable bonds is 13. The quantitative estimate of drug-likeness (QED) is 0.235. The maximum absolute atomic E-state index is 13.6. The van der Waals surface area contributed by atoms with E-state index < -0.39 is 53.0 Å². The molecule has 3 atom stereocenters. The van der Waals surface area contributed by atoms with E-state index in [2.05, 4.69) is 21.3 Å². The van der Waals surface area contributed by atoms with Gasteiger partial charge in [-0.25, -0.2) is 0 Å². The summed E-state index contributed by atoms with van der Waals surface area (Å²) in [7, 11) is 0. The summed E-state index contributed by atoms with van der Waals surface area (Å²) in [5, 5.41) is 10.7. The number of nitrogens with one attached hydrogen (secondary N) is 4. The Kier molecular flexibility index (Phi) is 11.1. The van der Waals surface area contributed by atoms with Gasteiger partial charge in [-0.1, -0.05) is 99.6 Å². The SMILES string of the molecule is CCC(NC(=O)C(C)NC(=O)C(NC(=O)c1ccccc1)C(C)(C)c1ccccc1)C(=O)C(=O)NCc1ccccc1. The second-order valence-corrected chi connectivity index (χ2v) is 10.6. The Morgan fingerprint density at radius 1 is 0.714 bits per heavy atom. The van der Waals surface area contributed by atoms with Crippen LogP contribution >= 0.6 is 0 Å². The van der Waals surface area contributed by atoms with Crippen LogP contribution in [0.2, 0.25) is 0 Å². The van der Waals surface area contributed by atoms with Crippen molar-refractivity contribution in [1.82, 2.24) is 21.3 Å². The fourth-order valence-electron chi connectivity index (χ4n) is 4.45. The van der Waals surface area contributed by atoms with Gasteiger partial charge in [0, 0.05) is 17.5 Å². The lowest BCUT2D eigenvalue weighted by molar-refractivity contribution is -0.140. The highest BCUT2D eigenvalue weighted by atomic mass is 16.2. The van der Waals surface area contributed by atoms with Crippen molar-refractivity contribution in [1.29, 1.82) is 0 Å². The summed E-state index contributed by atoms with van der Waals surface area (Å²) in [5.41, 5.74) is 1.18. The number of hydrogen-bond acceptors (Lipinski definition) is 5. The highest BCUT2D eigenvalue weighted by Gasteiger charge is 2.39. The van der Waals surface area contributed by atoms with E-state index in [1.807, 2.05) is 74.5 Å². The number of carbonyl (C=O) groups is 5. The minimum atomic E-state index is -1.07. The van der Waals surface area contributed by atoms with Gasteiger partial charge in [-0.05, 0) is 36.6 Å². The van der Waals surface area contributed by atoms with E-state index in [-0.39, 0.29) is 13.0 Å². The Labute approximate surface area is 246 Å². The van der Waals surface area contributed by atoms with Gasteiger partial charge in [-0.15, -0.1) is 0 Å². The van der Waals surface area contributed by atoms with E-state index in [4.69, 9.17) is 0 Å². The summed E-state index contributed by atoms with van der Waals surface area (Å²) < 4.78 is 0. The van der Waals surface area contributed by atoms with Crippen LogP contribution in [-0.2, 0) is 31.1 Å². The molecular weight excluding hydrogens is 532 g/mol. The molecule has 0 saturated heterocycles. The van der Waals surface area contributed by atoms with E-state index >= 15 is 0 Å². The monoisotopic (exact) mass is 570 g/mol. The van der Waals surface area contributed by atoms with Crippen molar-refractivity contribution in [2.45, 2.75) is 64.2 Å². The first-order chi connectivity index (χ1) is 20.0. The molecule has 9 nitrogen and oxygen atoms in total. The molecule has 0 bridgehead atoms. The minimum Gasteiger partial charge on any atom is -0.345 e. The van der Waals surface area contributed by atoms with Crippen molar-refractivity contribution in [3.63, 3.8) is 0 Å². The average molecular weight is 571 g/mol. The first-order valence-corrected chi connectivity index (χ1v) is 13.9. The predicted octanol–water partition coefficient (Wildman–Crippen LogP) is 3.05. The van der Waals surface area contributed by atoms with Gasteiger partial charge in [0.05, 0.1) is 6.04 Å². The highest BCUT2D eigenvalue weighted by Crippen LogP contribution is 2.28. The molecule has 9 heteroatoms. The molecule has 0 radical (unpaired) electrons. The largest absolute Gasteiger partial charge is 0.345 e. The third-order valence-corrected chi connectivity index (χ3v) is 7.13. The van der Waals surface area contributed by atoms with Crippen LogP contribution in [0.1, 0.15) is 55.6 Å². The van der Waals surface area contributed by atoms with Crippen molar-refractivity contribution in [3.05, 3.63) is 108 Å². The summed E-state index contributed by atoms with van der Waals surface area (Å²) in [6.07, 6.45) is 0.181. The number of ketones is 1. The van der Waals surface area contributed by atoms with Gasteiger partial charge in [-0.3, -0.25) is 24.0 Å². The van der Waals surface area contributed by atoms with Gasteiger partial charge in [0.1, 0.15) is 12.1 Å². The van der Waals surface area contributed by atoms with Crippen molar-refractivity contribution < 1.29 is 24.0 Å². The van der Waals surface area contributed by atoms with Crippen LogP contribution in [0.3, 0.4) is 0 Å². The molecule has 4 N–H and O–H groups in total. The lowest BCUT2D eigenvalue weighted by atomic mass is 9.77. The summed E-state index contributed by atoms with van der Waals surface area (Å²) >= 11 is 0. The van der Waals surface area contributed by atoms with Gasteiger partial charge in [-0.2, -0.15) is 0 Å². The number of Topliss-reactive ketones (excluding diaryl/α,β-unsaturated/α-hetero) is 1. The highest BCUT2D eigenvalue weighted by molar-refractivity contribution is 6.38. The Bertz CT molecular complexity index is 1380. The predicted molar refractivity (Wildman–Crippen MR) is 160 cm³/mol. The summed E-state index contributed by atoms with van der Waals surface area (Å²) in [6.45, 7) is 7.00. The Balaban J connectivity index is 1.69. The molecule has 0 aromatic heterocycles. The second-order valence-electron chi connectivity index (χ2n) is 10.6. The molecule has 0 heterocycles. The number of benzene rings is 3. The molecule has 4 amide bonds. The standard InChI is InChI=1S/C33H38N4O5/c1-5-26(27(38)31(41)34-21-23-15-9-6-10-16-23)36-29(39)22(2)35-32(42)28(33(3,4)25-19-13-8-14-20-25)37-30(40)24-17-11-7-12-18-24/h6-20,22,26,28H,5,21H2,1-4H3,(H,34,41)(H,35,42)(H,36,39)(H,37,40). The normalized spacial score (nSPS) is 13.1. The van der Waals surface area contributed by atoms with Crippen molar-refractivity contribution in [3.8, 4) is 0 Å². The zero-order chi connectivity index (χ0) is 30.7. The van der Waals surface area contributed by atoms with E-state index in [0.29, 0.717) is 5.56 Å². The zero-order valence-electron chi connectivity index (χ0n) is 24.3. The van der Waals surface area contributed by atoms with Crippen LogP contribution in [0.25, 0.3) is 0 Å². The topological polar surface area (TPSA) is 133 Å². The van der Waals surface area contributed by atoms with E-state index in [0.717, 1.165) is 11.1 Å². The molecule has 0 aliphatic heterocycles. The van der Waals surface area contributed by atoms with Gasteiger partial charge >= 0.3 is 0 Å². The van der Waals surface area contributed by atoms with E-state index in [1.165, 1.54) is 6.92 Å². The Hall–Kier alpha value is -4.79. The van der Waals surface area contributed by atoms with E-state index in [9.17, 15) is 24.0 Å². The van der Waals surface area contributed by atoms with Gasteiger partial charge in [0.15, 0.2) is 0 Å². The third kappa shape index (κ3) is 8.36. The fraction of sp³-hybridized carbons (Fsp3) is 0.303. The smallest absolute Gasteiger partial charge is 0.289 e. The maximum atomic E-state index is 13.6. The van der Waals surface area contributed by atoms with Crippen molar-refractivity contribution in [2.24, 2.45) is 0 Å². The lowest BCUT2D eigenvalue weighted by Gasteiger charge is -2.35. The Morgan fingerprint density at radius 2 is 1.26 bits per heavy atom. The first kappa shape index (κ1) is 31.7. The lowest BCUT2D eigenvalue weighted by Crippen LogP contribution is -2.60. The van der Waals surface area contributed by atoms with Crippen LogP contribution in [0.15, 0.2) is 91.0 Å². The molecule has 3 aromatic rings. The van der Waals surface area contributed by atoms with Crippen molar-refractivity contribution in [2.75, 3.05) is 0 Å². The molecular formula is C33H38N4O5. The van der Waals surface area contributed by atoms with Crippen LogP contribution < -0.4 is 21.3 Å². The minimum absolute atomic E-state index is 0.176. The molecule has 3 unspecified atom stereocenters. The molecule has 0 aliphatic rings. The maximum Gasteiger partial charge on any atom is 0.289 e. The third-order valence-electron chi connectivity index (χ3n) is 7.13. The molecule has 3 aromatic carbocycles. The molecule has 0 fully saturated rings. The van der Waals surface area contributed by atoms with Gasteiger partial charge in [0.2, 0.25) is 17.6 Å². The molecule has 0 aliphatic carbocycles. The summed E-state index contributed by atoms with van der Waals surface area (Å²) in [4.78, 5) is 65.0. The Morgan fingerprint density at radius 3 is 1.83 bits per heavy atom. The second kappa shape index (κ2) is 14.7.